The van der Waals surface area contributed by atoms with Gasteiger partial charge in [0.2, 0.25) is 0 Å². The van der Waals surface area contributed by atoms with Crippen molar-refractivity contribution in [2.75, 3.05) is 25.0 Å². The zero-order valence-corrected chi connectivity index (χ0v) is 21.2. The van der Waals surface area contributed by atoms with Crippen LogP contribution in [0.5, 0.6) is 0 Å². The highest BCUT2D eigenvalue weighted by atomic mass is 16.2. The van der Waals surface area contributed by atoms with Crippen LogP contribution in [0, 0.1) is 6.92 Å². The topological polar surface area (TPSA) is 35.6 Å². The molecule has 0 saturated heterocycles. The molecule has 0 aliphatic rings. The second-order valence-corrected chi connectivity index (χ2v) is 9.89. The Morgan fingerprint density at radius 2 is 1.69 bits per heavy atom. The van der Waals surface area contributed by atoms with E-state index in [4.69, 9.17) is 0 Å². The van der Waals surface area contributed by atoms with E-state index >= 15 is 0 Å². The second-order valence-electron chi connectivity index (χ2n) is 9.89. The molecule has 176 valence electrons. The Hall–Kier alpha value is -2.33. The van der Waals surface area contributed by atoms with Crippen LogP contribution in [0.15, 0.2) is 48.5 Å². The van der Waals surface area contributed by atoms with Crippen molar-refractivity contribution in [3.05, 3.63) is 65.2 Å². The summed E-state index contributed by atoms with van der Waals surface area (Å²) in [6.45, 7) is 19.1. The van der Waals surface area contributed by atoms with E-state index in [-0.39, 0.29) is 17.5 Å². The molecular weight excluding hydrogens is 394 g/mol. The molecule has 32 heavy (non-hydrogen) atoms. The average Bonchev–Trinajstić information content (AvgIpc) is 2.74. The van der Waals surface area contributed by atoms with Crippen molar-refractivity contribution < 1.29 is 4.79 Å². The molecule has 0 bridgehead atoms. The quantitative estimate of drug-likeness (QED) is 0.442. The molecule has 2 rings (SSSR count). The second kappa shape index (κ2) is 12.1. The van der Waals surface area contributed by atoms with Crippen molar-refractivity contribution >= 4 is 11.7 Å². The summed E-state index contributed by atoms with van der Waals surface area (Å²) < 4.78 is 0. The van der Waals surface area contributed by atoms with Crippen molar-refractivity contribution in [3.63, 3.8) is 0 Å². The predicted octanol–water partition coefficient (Wildman–Crippen LogP) is 6.84. The van der Waals surface area contributed by atoms with Crippen LogP contribution in [0.4, 0.5) is 10.5 Å². The van der Waals surface area contributed by atoms with Crippen molar-refractivity contribution in [2.45, 2.75) is 79.3 Å². The third-order valence-corrected chi connectivity index (χ3v) is 6.23. The van der Waals surface area contributed by atoms with E-state index in [1.165, 1.54) is 5.56 Å². The molecule has 0 fully saturated rings. The number of hydrogen-bond donors (Lipinski definition) is 1. The molecule has 1 unspecified atom stereocenters. The van der Waals surface area contributed by atoms with Crippen molar-refractivity contribution in [1.82, 2.24) is 9.80 Å². The molecule has 1 atom stereocenters. The zero-order valence-electron chi connectivity index (χ0n) is 21.2. The first kappa shape index (κ1) is 25.9. The monoisotopic (exact) mass is 437 g/mol. The van der Waals surface area contributed by atoms with E-state index < -0.39 is 0 Å². The number of benzene rings is 2. The number of rotatable bonds is 10. The maximum Gasteiger partial charge on any atom is 0.322 e. The van der Waals surface area contributed by atoms with Crippen LogP contribution in [-0.4, -0.2) is 41.5 Å². The molecule has 0 spiro atoms. The Morgan fingerprint density at radius 1 is 1.03 bits per heavy atom. The minimum atomic E-state index is -0.0363. The third kappa shape index (κ3) is 7.98. The van der Waals surface area contributed by atoms with Gasteiger partial charge in [-0.05, 0) is 80.6 Å². The summed E-state index contributed by atoms with van der Waals surface area (Å²) in [6.07, 6.45) is 2.07. The van der Waals surface area contributed by atoms with Crippen LogP contribution in [0.25, 0.3) is 0 Å². The van der Waals surface area contributed by atoms with Crippen molar-refractivity contribution in [2.24, 2.45) is 0 Å². The van der Waals surface area contributed by atoms with Crippen molar-refractivity contribution in [3.8, 4) is 0 Å². The fourth-order valence-corrected chi connectivity index (χ4v) is 3.96. The maximum absolute atomic E-state index is 13.3. The molecule has 0 saturated carbocycles. The molecule has 0 aliphatic carbocycles. The lowest BCUT2D eigenvalue weighted by atomic mass is 9.87. The van der Waals surface area contributed by atoms with Crippen molar-refractivity contribution in [1.29, 1.82) is 0 Å². The number of nitrogens with zero attached hydrogens (tertiary/aromatic N) is 2. The van der Waals surface area contributed by atoms with Crippen LogP contribution in [-0.2, 0) is 12.0 Å². The predicted molar refractivity (Wildman–Crippen MR) is 137 cm³/mol. The summed E-state index contributed by atoms with van der Waals surface area (Å²) in [5.41, 5.74) is 4.58. The van der Waals surface area contributed by atoms with Crippen LogP contribution in [0.3, 0.4) is 0 Å². The van der Waals surface area contributed by atoms with Crippen LogP contribution in [0.2, 0.25) is 0 Å². The van der Waals surface area contributed by atoms with Gasteiger partial charge >= 0.3 is 6.03 Å². The molecule has 0 radical (unpaired) electrons. The molecule has 2 aromatic rings. The molecule has 4 nitrogen and oxygen atoms in total. The highest BCUT2D eigenvalue weighted by Gasteiger charge is 2.21. The number of carbonyl (C=O) groups is 1. The van der Waals surface area contributed by atoms with E-state index in [9.17, 15) is 4.79 Å². The van der Waals surface area contributed by atoms with Gasteiger partial charge in [-0.15, -0.1) is 0 Å². The molecular formula is C28H43N3O. The van der Waals surface area contributed by atoms with Gasteiger partial charge in [0.05, 0.1) is 0 Å². The lowest BCUT2D eigenvalue weighted by Crippen LogP contribution is -2.41. The lowest BCUT2D eigenvalue weighted by molar-refractivity contribution is 0.181. The van der Waals surface area contributed by atoms with Gasteiger partial charge in [-0.25, -0.2) is 4.79 Å². The van der Waals surface area contributed by atoms with E-state index in [0.29, 0.717) is 6.54 Å². The first-order valence-electron chi connectivity index (χ1n) is 12.1. The van der Waals surface area contributed by atoms with Gasteiger partial charge in [0.25, 0.3) is 0 Å². The molecule has 2 aromatic carbocycles. The molecule has 1 N–H and O–H groups in total. The lowest BCUT2D eigenvalue weighted by Gasteiger charge is -2.31. The Labute approximate surface area is 196 Å². The molecule has 0 heterocycles. The Bertz CT molecular complexity index is 835. The van der Waals surface area contributed by atoms with Crippen LogP contribution < -0.4 is 5.32 Å². The number of urea groups is 1. The highest BCUT2D eigenvalue weighted by molar-refractivity contribution is 5.89. The molecule has 2 amide bonds. The maximum atomic E-state index is 13.3. The first-order valence-corrected chi connectivity index (χ1v) is 12.1. The van der Waals surface area contributed by atoms with Crippen LogP contribution >= 0.6 is 0 Å². The zero-order chi connectivity index (χ0) is 23.7. The SMILES string of the molecule is CCN(CC)CCCC(C)N(Cc1ccc(C(C)(C)C)cc1)C(=O)Nc1cccc(C)c1. The smallest absolute Gasteiger partial charge is 0.318 e. The number of hydrogen-bond acceptors (Lipinski definition) is 2. The standard InChI is InChI=1S/C28H43N3O/c1-8-30(9-2)19-11-13-23(4)31(27(32)29-26-14-10-12-22(3)20-26)21-24-15-17-25(18-16-24)28(5,6)7/h10,12,14-18,20,23H,8-9,11,13,19,21H2,1-7H3,(H,29,32). The van der Waals surface area contributed by atoms with Gasteiger partial charge in [0.1, 0.15) is 0 Å². The number of carbonyl (C=O) groups excluding carboxylic acids is 1. The fourth-order valence-electron chi connectivity index (χ4n) is 3.96. The van der Waals surface area contributed by atoms with Gasteiger partial charge in [-0.1, -0.05) is 71.0 Å². The summed E-state index contributed by atoms with van der Waals surface area (Å²) >= 11 is 0. The minimum Gasteiger partial charge on any atom is -0.318 e. The summed E-state index contributed by atoms with van der Waals surface area (Å²) in [5, 5.41) is 3.12. The van der Waals surface area contributed by atoms with Gasteiger partial charge in [0.15, 0.2) is 0 Å². The average molecular weight is 438 g/mol. The van der Waals surface area contributed by atoms with E-state index in [1.807, 2.05) is 36.1 Å². The third-order valence-electron chi connectivity index (χ3n) is 6.23. The van der Waals surface area contributed by atoms with Gasteiger partial charge in [-0.2, -0.15) is 0 Å². The minimum absolute atomic E-state index is 0.0363. The normalized spacial score (nSPS) is 12.6. The van der Waals surface area contributed by atoms with E-state index in [2.05, 4.69) is 76.0 Å². The highest BCUT2D eigenvalue weighted by Crippen LogP contribution is 2.23. The number of nitrogens with one attached hydrogen (secondary N) is 1. The largest absolute Gasteiger partial charge is 0.322 e. The number of aryl methyl sites for hydroxylation is 1. The Morgan fingerprint density at radius 3 is 2.25 bits per heavy atom. The summed E-state index contributed by atoms with van der Waals surface area (Å²) in [4.78, 5) is 17.7. The van der Waals surface area contributed by atoms with E-state index in [0.717, 1.165) is 49.3 Å². The van der Waals surface area contributed by atoms with Gasteiger partial charge < -0.3 is 15.1 Å². The molecule has 0 aromatic heterocycles. The summed E-state index contributed by atoms with van der Waals surface area (Å²) in [7, 11) is 0. The molecule has 0 aliphatic heterocycles. The summed E-state index contributed by atoms with van der Waals surface area (Å²) in [6, 6.07) is 16.8. The van der Waals surface area contributed by atoms with E-state index in [1.54, 1.807) is 0 Å². The molecule has 4 heteroatoms. The fraction of sp³-hybridized carbons (Fsp3) is 0.536. The summed E-state index contributed by atoms with van der Waals surface area (Å²) in [5.74, 6) is 0. The number of anilines is 1. The Kier molecular flexibility index (Phi) is 9.77. The van der Waals surface area contributed by atoms with Gasteiger partial charge in [0, 0.05) is 18.3 Å². The van der Waals surface area contributed by atoms with Gasteiger partial charge in [-0.3, -0.25) is 0 Å². The first-order chi connectivity index (χ1) is 15.1. The Balaban J connectivity index is 2.14. The van der Waals surface area contributed by atoms with Crippen LogP contribution in [0.1, 0.15) is 71.1 Å². The number of amides is 2.